The van der Waals surface area contributed by atoms with Crippen LogP contribution in [0.5, 0.6) is 0 Å². The molecule has 4 nitrogen and oxygen atoms in total. The molecule has 0 fully saturated rings. The Bertz CT molecular complexity index is 1050. The van der Waals surface area contributed by atoms with E-state index in [9.17, 15) is 8.42 Å². The highest BCUT2D eigenvalue weighted by Crippen LogP contribution is 2.19. The molecule has 3 aromatic rings. The molecule has 0 saturated heterocycles. The van der Waals surface area contributed by atoms with Crippen molar-refractivity contribution in [2.24, 2.45) is 0 Å². The van der Waals surface area contributed by atoms with Gasteiger partial charge in [0.05, 0.1) is 11.2 Å². The molecule has 1 heterocycles. The standard InChI is InChI=1S/C20H16BrNO3S/c1-16-8-10-19(11-9-16)26(23,24)22(15-18-6-4-14-25-18)13-12-17-5-2-3-7-20(17)21/h2-11,14H,15H2,1H3. The number of nitrogens with zero attached hydrogens (tertiary/aromatic N) is 1. The van der Waals surface area contributed by atoms with Crippen LogP contribution < -0.4 is 0 Å². The van der Waals surface area contributed by atoms with Gasteiger partial charge in [0.15, 0.2) is 0 Å². The van der Waals surface area contributed by atoms with Gasteiger partial charge in [-0.25, -0.2) is 12.7 Å². The average molecular weight is 430 g/mol. The fourth-order valence-electron chi connectivity index (χ4n) is 2.25. The van der Waals surface area contributed by atoms with Gasteiger partial charge in [-0.3, -0.25) is 0 Å². The predicted molar refractivity (Wildman–Crippen MR) is 104 cm³/mol. The molecule has 0 radical (unpaired) electrons. The maximum absolute atomic E-state index is 13.0. The molecule has 0 bridgehead atoms. The third kappa shape index (κ3) is 4.18. The lowest BCUT2D eigenvalue weighted by Gasteiger charge is -2.17. The molecule has 0 N–H and O–H groups in total. The highest BCUT2D eigenvalue weighted by molar-refractivity contribution is 9.10. The molecule has 1 aromatic heterocycles. The molecular formula is C20H16BrNO3S. The Labute approximate surface area is 161 Å². The average Bonchev–Trinajstić information content (AvgIpc) is 3.13. The summed E-state index contributed by atoms with van der Waals surface area (Å²) in [6.45, 7) is 1.93. The third-order valence-electron chi connectivity index (χ3n) is 3.68. The number of hydrogen-bond acceptors (Lipinski definition) is 3. The Morgan fingerprint density at radius 1 is 1.04 bits per heavy atom. The van der Waals surface area contributed by atoms with Crippen molar-refractivity contribution in [3.05, 3.63) is 88.3 Å². The van der Waals surface area contributed by atoms with Gasteiger partial charge in [-0.2, -0.15) is 0 Å². The van der Waals surface area contributed by atoms with E-state index in [1.165, 1.54) is 6.26 Å². The summed E-state index contributed by atoms with van der Waals surface area (Å²) >= 11 is 3.42. The first-order valence-electron chi connectivity index (χ1n) is 7.85. The number of hydrogen-bond donors (Lipinski definition) is 0. The molecule has 0 unspecified atom stereocenters. The van der Waals surface area contributed by atoms with Gasteiger partial charge < -0.3 is 4.42 Å². The van der Waals surface area contributed by atoms with Crippen molar-refractivity contribution in [3.63, 3.8) is 0 Å². The van der Waals surface area contributed by atoms with Crippen LogP contribution in [0.3, 0.4) is 0 Å². The van der Waals surface area contributed by atoms with Crippen LogP contribution in [0.25, 0.3) is 0 Å². The molecule has 0 atom stereocenters. The van der Waals surface area contributed by atoms with Crippen molar-refractivity contribution >= 4 is 26.0 Å². The molecule has 26 heavy (non-hydrogen) atoms. The smallest absolute Gasteiger partial charge is 0.271 e. The third-order valence-corrected chi connectivity index (χ3v) is 6.04. The van der Waals surface area contributed by atoms with Crippen molar-refractivity contribution < 1.29 is 12.8 Å². The number of benzene rings is 2. The molecule has 0 saturated carbocycles. The van der Waals surface area contributed by atoms with Crippen LogP contribution in [0.2, 0.25) is 0 Å². The van der Waals surface area contributed by atoms with Crippen molar-refractivity contribution in [1.82, 2.24) is 4.31 Å². The highest BCUT2D eigenvalue weighted by atomic mass is 79.9. The van der Waals surface area contributed by atoms with Crippen LogP contribution in [0, 0.1) is 18.9 Å². The summed E-state index contributed by atoms with van der Waals surface area (Å²) in [5.74, 6) is 3.44. The number of rotatable bonds is 4. The summed E-state index contributed by atoms with van der Waals surface area (Å²) in [7, 11) is -3.79. The van der Waals surface area contributed by atoms with Gasteiger partial charge in [0.2, 0.25) is 0 Å². The zero-order valence-electron chi connectivity index (χ0n) is 14.0. The fraction of sp³-hybridized carbons (Fsp3) is 0.100. The summed E-state index contributed by atoms with van der Waals surface area (Å²) in [6, 6.07) is 20.3. The highest BCUT2D eigenvalue weighted by Gasteiger charge is 2.23. The summed E-state index contributed by atoms with van der Waals surface area (Å²) in [4.78, 5) is 0.191. The summed E-state index contributed by atoms with van der Waals surface area (Å²) in [5.41, 5.74) is 1.69. The van der Waals surface area contributed by atoms with E-state index >= 15 is 0 Å². The Balaban J connectivity index is 2.01. The van der Waals surface area contributed by atoms with E-state index in [4.69, 9.17) is 4.42 Å². The lowest BCUT2D eigenvalue weighted by molar-refractivity contribution is 0.436. The van der Waals surface area contributed by atoms with Crippen molar-refractivity contribution in [3.8, 4) is 12.0 Å². The maximum atomic E-state index is 13.0. The van der Waals surface area contributed by atoms with Gasteiger partial charge in [0.1, 0.15) is 12.3 Å². The number of halogens is 1. The van der Waals surface area contributed by atoms with Gasteiger partial charge in [0, 0.05) is 16.1 Å². The van der Waals surface area contributed by atoms with E-state index in [1.54, 1.807) is 36.4 Å². The normalized spacial score (nSPS) is 10.8. The van der Waals surface area contributed by atoms with E-state index in [0.29, 0.717) is 11.3 Å². The van der Waals surface area contributed by atoms with E-state index in [0.717, 1.165) is 14.3 Å². The first-order chi connectivity index (χ1) is 12.5. The summed E-state index contributed by atoms with van der Waals surface area (Å²) in [6.07, 6.45) is 1.51. The van der Waals surface area contributed by atoms with E-state index < -0.39 is 10.0 Å². The number of furan rings is 1. The van der Waals surface area contributed by atoms with E-state index in [-0.39, 0.29) is 11.4 Å². The Morgan fingerprint density at radius 3 is 2.42 bits per heavy atom. The minimum absolute atomic E-state index is 0.0284. The van der Waals surface area contributed by atoms with Crippen molar-refractivity contribution in [1.29, 1.82) is 0 Å². The van der Waals surface area contributed by atoms with Gasteiger partial charge in [-0.15, -0.1) is 0 Å². The molecule has 0 aliphatic carbocycles. The molecule has 0 aliphatic rings. The summed E-state index contributed by atoms with van der Waals surface area (Å²) < 4.78 is 33.3. The van der Waals surface area contributed by atoms with Gasteiger partial charge in [-0.05, 0) is 65.2 Å². The Hall–Kier alpha value is -2.49. The van der Waals surface area contributed by atoms with E-state index in [1.807, 2.05) is 31.2 Å². The number of aryl methyl sites for hydroxylation is 1. The van der Waals surface area contributed by atoms with Crippen LogP contribution in [-0.4, -0.2) is 12.7 Å². The maximum Gasteiger partial charge on any atom is 0.271 e. The first kappa shape index (κ1) is 18.3. The van der Waals surface area contributed by atoms with Crippen molar-refractivity contribution in [2.45, 2.75) is 18.4 Å². The fourth-order valence-corrected chi connectivity index (χ4v) is 3.83. The molecule has 132 valence electrons. The zero-order chi connectivity index (χ0) is 18.6. The topological polar surface area (TPSA) is 50.5 Å². The molecule has 3 rings (SSSR count). The second-order valence-electron chi connectivity index (χ2n) is 5.62. The molecule has 6 heteroatoms. The first-order valence-corrected chi connectivity index (χ1v) is 10.1. The van der Waals surface area contributed by atoms with Crippen LogP contribution in [-0.2, 0) is 16.6 Å². The summed E-state index contributed by atoms with van der Waals surface area (Å²) in [5, 5.41) is 0. The minimum Gasteiger partial charge on any atom is -0.467 e. The molecule has 0 aliphatic heterocycles. The largest absolute Gasteiger partial charge is 0.467 e. The van der Waals surface area contributed by atoms with Crippen LogP contribution in [0.1, 0.15) is 16.9 Å². The van der Waals surface area contributed by atoms with Gasteiger partial charge in [-0.1, -0.05) is 29.8 Å². The van der Waals surface area contributed by atoms with Crippen LogP contribution in [0.15, 0.2) is 80.7 Å². The predicted octanol–water partition coefficient (Wildman–Crippen LogP) is 4.55. The monoisotopic (exact) mass is 429 g/mol. The second-order valence-corrected chi connectivity index (χ2v) is 8.34. The quantitative estimate of drug-likeness (QED) is 0.451. The lowest BCUT2D eigenvalue weighted by Crippen LogP contribution is -2.26. The SMILES string of the molecule is Cc1ccc(S(=O)(=O)N(C#Cc2ccccc2Br)Cc2ccco2)cc1. The minimum atomic E-state index is -3.79. The van der Waals surface area contributed by atoms with Crippen LogP contribution in [0.4, 0.5) is 0 Å². The molecule has 0 amide bonds. The Morgan fingerprint density at radius 2 is 1.77 bits per heavy atom. The molecule has 2 aromatic carbocycles. The van der Waals surface area contributed by atoms with Crippen LogP contribution >= 0.6 is 15.9 Å². The number of sulfonamides is 1. The van der Waals surface area contributed by atoms with Gasteiger partial charge >= 0.3 is 0 Å². The zero-order valence-corrected chi connectivity index (χ0v) is 16.4. The van der Waals surface area contributed by atoms with Crippen molar-refractivity contribution in [2.75, 3.05) is 0 Å². The lowest BCUT2D eigenvalue weighted by atomic mass is 10.2. The molecule has 0 spiro atoms. The molecular weight excluding hydrogens is 414 g/mol. The second kappa shape index (κ2) is 7.81. The van der Waals surface area contributed by atoms with Gasteiger partial charge in [0.25, 0.3) is 10.0 Å². The van der Waals surface area contributed by atoms with E-state index in [2.05, 4.69) is 27.9 Å². The Kier molecular flexibility index (Phi) is 5.50.